The summed E-state index contributed by atoms with van der Waals surface area (Å²) in [7, 11) is 0. The molecule has 4 rings (SSSR count). The number of aliphatic hydroxyl groups excluding tert-OH is 1. The number of fused-ring (bicyclic) bond motifs is 4. The van der Waals surface area contributed by atoms with E-state index in [1.165, 1.54) is 25.7 Å². The Labute approximate surface area is 158 Å². The number of esters is 1. The molecule has 0 aromatic heterocycles. The van der Waals surface area contributed by atoms with Crippen LogP contribution in [0.15, 0.2) is 11.1 Å². The number of carbonyl (C=O) groups excluding carboxylic acids is 1. The van der Waals surface area contributed by atoms with Gasteiger partial charge < -0.3 is 9.84 Å². The third kappa shape index (κ3) is 2.45. The van der Waals surface area contributed by atoms with Crippen LogP contribution >= 0.6 is 0 Å². The molecule has 2 fully saturated rings. The molecule has 0 spiro atoms. The van der Waals surface area contributed by atoms with Crippen LogP contribution in [0.25, 0.3) is 0 Å². The van der Waals surface area contributed by atoms with Gasteiger partial charge in [-0.2, -0.15) is 0 Å². The number of carbonyl (C=O) groups is 1. The van der Waals surface area contributed by atoms with E-state index in [2.05, 4.69) is 27.7 Å². The average molecular weight is 361 g/mol. The van der Waals surface area contributed by atoms with Crippen LogP contribution in [0, 0.1) is 28.1 Å². The molecule has 4 unspecified atom stereocenters. The summed E-state index contributed by atoms with van der Waals surface area (Å²) in [5.41, 5.74) is 3.89. The van der Waals surface area contributed by atoms with E-state index < -0.39 is 0 Å². The maximum Gasteiger partial charge on any atom is 0.302 e. The smallest absolute Gasteiger partial charge is 0.302 e. The molecule has 0 aromatic rings. The lowest BCUT2D eigenvalue weighted by molar-refractivity contribution is -0.166. The first-order chi connectivity index (χ1) is 12.1. The van der Waals surface area contributed by atoms with Gasteiger partial charge in [0.15, 0.2) is 0 Å². The van der Waals surface area contributed by atoms with Crippen molar-refractivity contribution in [2.45, 2.75) is 98.2 Å². The van der Waals surface area contributed by atoms with Gasteiger partial charge in [0.2, 0.25) is 0 Å². The van der Waals surface area contributed by atoms with E-state index >= 15 is 0 Å². The second kappa shape index (κ2) is 5.83. The van der Waals surface area contributed by atoms with Crippen LogP contribution in [0.5, 0.6) is 0 Å². The number of aliphatic hydroxyl groups is 1. The second-order valence-electron chi connectivity index (χ2n) is 10.7. The van der Waals surface area contributed by atoms with Crippen molar-refractivity contribution in [3.8, 4) is 0 Å². The zero-order valence-electron chi connectivity index (χ0n) is 17.2. The molecule has 0 heterocycles. The third-order valence-corrected chi connectivity index (χ3v) is 9.02. The van der Waals surface area contributed by atoms with Gasteiger partial charge in [-0.1, -0.05) is 38.8 Å². The van der Waals surface area contributed by atoms with E-state index in [1.807, 2.05) is 0 Å². The molecule has 4 aliphatic carbocycles. The van der Waals surface area contributed by atoms with E-state index in [0.717, 1.165) is 25.7 Å². The molecule has 3 nitrogen and oxygen atoms in total. The Hall–Kier alpha value is -0.830. The highest BCUT2D eigenvalue weighted by Crippen LogP contribution is 2.67. The topological polar surface area (TPSA) is 46.5 Å². The van der Waals surface area contributed by atoms with Crippen LogP contribution in [-0.4, -0.2) is 23.3 Å². The van der Waals surface area contributed by atoms with Gasteiger partial charge in [0.05, 0.1) is 6.10 Å². The van der Waals surface area contributed by atoms with E-state index in [-0.39, 0.29) is 34.4 Å². The monoisotopic (exact) mass is 360 g/mol. The molecule has 0 bridgehead atoms. The highest BCUT2D eigenvalue weighted by atomic mass is 16.5. The highest BCUT2D eigenvalue weighted by Gasteiger charge is 2.59. The molecule has 0 radical (unpaired) electrons. The van der Waals surface area contributed by atoms with Gasteiger partial charge in [0.25, 0.3) is 0 Å². The molecule has 0 aliphatic heterocycles. The summed E-state index contributed by atoms with van der Waals surface area (Å²) in [6.07, 6.45) is 8.79. The lowest BCUT2D eigenvalue weighted by atomic mass is 9.45. The zero-order valence-corrected chi connectivity index (χ0v) is 17.2. The Morgan fingerprint density at radius 3 is 2.38 bits per heavy atom. The molecule has 6 atom stereocenters. The first-order valence-corrected chi connectivity index (χ1v) is 10.7. The fourth-order valence-electron chi connectivity index (χ4n) is 7.79. The van der Waals surface area contributed by atoms with Crippen LogP contribution < -0.4 is 0 Å². The van der Waals surface area contributed by atoms with Crippen molar-refractivity contribution in [1.82, 2.24) is 0 Å². The van der Waals surface area contributed by atoms with Gasteiger partial charge in [0.1, 0.15) is 6.10 Å². The summed E-state index contributed by atoms with van der Waals surface area (Å²) < 4.78 is 5.75. The second-order valence-corrected chi connectivity index (χ2v) is 10.7. The van der Waals surface area contributed by atoms with Gasteiger partial charge in [0, 0.05) is 12.3 Å². The molecule has 2 saturated carbocycles. The molecule has 4 aliphatic rings. The molecular weight excluding hydrogens is 324 g/mol. The van der Waals surface area contributed by atoms with E-state index in [1.54, 1.807) is 18.1 Å². The highest BCUT2D eigenvalue weighted by molar-refractivity contribution is 5.66. The van der Waals surface area contributed by atoms with Crippen molar-refractivity contribution in [1.29, 1.82) is 0 Å². The normalized spacial score (nSPS) is 47.0. The largest absolute Gasteiger partial charge is 0.462 e. The number of allylic oxidation sites excluding steroid dienone is 2. The fraction of sp³-hybridized carbons (Fsp3) is 0.870. The van der Waals surface area contributed by atoms with Crippen LogP contribution in [0.3, 0.4) is 0 Å². The molecule has 26 heavy (non-hydrogen) atoms. The van der Waals surface area contributed by atoms with Crippen molar-refractivity contribution in [3.05, 3.63) is 11.1 Å². The Morgan fingerprint density at radius 2 is 1.69 bits per heavy atom. The maximum absolute atomic E-state index is 11.6. The average Bonchev–Trinajstić information content (AvgIpc) is 2.84. The SMILES string of the molecule is CC(=O)OC1CCC2(C)C3=C(CCC2C1(C)C)[C@]1(C)C[C@@H](O)CC1CC3. The van der Waals surface area contributed by atoms with Crippen LogP contribution in [0.1, 0.15) is 86.0 Å². The lowest BCUT2D eigenvalue weighted by Gasteiger charge is -2.60. The minimum absolute atomic E-state index is 0.0180. The first-order valence-electron chi connectivity index (χ1n) is 10.7. The predicted molar refractivity (Wildman–Crippen MR) is 102 cm³/mol. The summed E-state index contributed by atoms with van der Waals surface area (Å²) in [5.74, 6) is 1.09. The molecular formula is C23H36O3. The number of hydrogen-bond acceptors (Lipinski definition) is 3. The quantitative estimate of drug-likeness (QED) is 0.527. The summed E-state index contributed by atoms with van der Waals surface area (Å²) in [6, 6.07) is 0. The lowest BCUT2D eigenvalue weighted by Crippen LogP contribution is -2.54. The minimum atomic E-state index is -0.143. The minimum Gasteiger partial charge on any atom is -0.462 e. The van der Waals surface area contributed by atoms with E-state index in [0.29, 0.717) is 11.8 Å². The van der Waals surface area contributed by atoms with Crippen molar-refractivity contribution in [2.24, 2.45) is 28.1 Å². The van der Waals surface area contributed by atoms with Crippen molar-refractivity contribution < 1.29 is 14.6 Å². The van der Waals surface area contributed by atoms with Crippen LogP contribution in [-0.2, 0) is 9.53 Å². The standard InChI is InChI=1S/C23H36O3/c1-14(24)26-20-10-11-22(4)17-7-6-15-12-16(25)13-23(15,5)18(17)8-9-19(22)21(20,2)3/h15-16,19-20,25H,6-13H2,1-5H3/t15?,16-,19?,20?,22?,23+/m0/s1. The third-order valence-electron chi connectivity index (χ3n) is 9.02. The maximum atomic E-state index is 11.6. The number of ether oxygens (including phenoxy) is 1. The summed E-state index contributed by atoms with van der Waals surface area (Å²) in [6.45, 7) is 11.1. The Kier molecular flexibility index (Phi) is 4.16. The molecule has 0 saturated heterocycles. The van der Waals surface area contributed by atoms with E-state index in [9.17, 15) is 9.90 Å². The Bertz CT molecular complexity index is 648. The Morgan fingerprint density at radius 1 is 1.04 bits per heavy atom. The van der Waals surface area contributed by atoms with Crippen LogP contribution in [0.2, 0.25) is 0 Å². The van der Waals surface area contributed by atoms with Crippen molar-refractivity contribution in [3.63, 3.8) is 0 Å². The van der Waals surface area contributed by atoms with Gasteiger partial charge in [-0.05, 0) is 74.0 Å². The zero-order chi connectivity index (χ0) is 18.9. The number of hydrogen-bond donors (Lipinski definition) is 1. The first kappa shape index (κ1) is 18.5. The van der Waals surface area contributed by atoms with E-state index in [4.69, 9.17) is 4.74 Å². The van der Waals surface area contributed by atoms with Crippen LogP contribution in [0.4, 0.5) is 0 Å². The van der Waals surface area contributed by atoms with Crippen molar-refractivity contribution >= 4 is 5.97 Å². The number of rotatable bonds is 1. The molecule has 0 aromatic carbocycles. The molecule has 3 heteroatoms. The van der Waals surface area contributed by atoms with Gasteiger partial charge in [-0.25, -0.2) is 0 Å². The van der Waals surface area contributed by atoms with Gasteiger partial charge in [-0.15, -0.1) is 0 Å². The molecule has 146 valence electrons. The fourth-order valence-corrected chi connectivity index (χ4v) is 7.79. The predicted octanol–water partition coefficient (Wildman–Crippen LogP) is 5.02. The molecule has 0 amide bonds. The van der Waals surface area contributed by atoms with Crippen molar-refractivity contribution in [2.75, 3.05) is 0 Å². The summed E-state index contributed by atoms with van der Waals surface area (Å²) >= 11 is 0. The Balaban J connectivity index is 1.71. The van der Waals surface area contributed by atoms with Gasteiger partial charge in [-0.3, -0.25) is 4.79 Å². The summed E-state index contributed by atoms with van der Waals surface area (Å²) in [5, 5.41) is 10.3. The molecule has 1 N–H and O–H groups in total. The van der Waals surface area contributed by atoms with Gasteiger partial charge >= 0.3 is 5.97 Å². The summed E-state index contributed by atoms with van der Waals surface area (Å²) in [4.78, 5) is 11.6.